The van der Waals surface area contributed by atoms with Gasteiger partial charge in [0, 0.05) is 19.0 Å². The molecule has 0 radical (unpaired) electrons. The molecule has 1 amide bonds. The van der Waals surface area contributed by atoms with Gasteiger partial charge in [0.15, 0.2) is 0 Å². The molecule has 1 aliphatic rings. The molecule has 102 valence electrons. The van der Waals surface area contributed by atoms with E-state index in [1.165, 1.54) is 0 Å². The van der Waals surface area contributed by atoms with Crippen LogP contribution in [-0.4, -0.2) is 42.4 Å². The number of nitrogens with zero attached hydrogens (tertiary/aromatic N) is 1. The van der Waals surface area contributed by atoms with Crippen molar-refractivity contribution in [3.8, 4) is 0 Å². The Balaban J connectivity index is 0. The van der Waals surface area contributed by atoms with Gasteiger partial charge in [0.25, 0.3) is 0 Å². The second kappa shape index (κ2) is 7.73. The Morgan fingerprint density at radius 3 is 2.56 bits per heavy atom. The van der Waals surface area contributed by atoms with Gasteiger partial charge in [-0.1, -0.05) is 0 Å². The molecule has 0 N–H and O–H groups in total. The van der Waals surface area contributed by atoms with Crippen molar-refractivity contribution in [1.82, 2.24) is 4.90 Å². The summed E-state index contributed by atoms with van der Waals surface area (Å²) in [5, 5.41) is 0. The van der Waals surface area contributed by atoms with Gasteiger partial charge in [-0.25, -0.2) is 4.79 Å². The minimum Gasteiger partial charge on any atom is -1.00 e. The number of hydrogen-bond acceptors (Lipinski definition) is 3. The molecule has 1 rings (SSSR count). The predicted octanol–water partition coefficient (Wildman–Crippen LogP) is -0.215. The molecule has 5 heteroatoms. The van der Waals surface area contributed by atoms with Crippen molar-refractivity contribution in [2.45, 2.75) is 52.7 Å². The number of hydrogen-bond donors (Lipinski definition) is 0. The Kier molecular flexibility index (Phi) is 7.83. The summed E-state index contributed by atoms with van der Waals surface area (Å²) in [4.78, 5) is 13.6. The number of carbonyl (C=O) groups is 1. The molecule has 1 unspecified atom stereocenters. The van der Waals surface area contributed by atoms with Gasteiger partial charge in [0.2, 0.25) is 0 Å². The molecular formula is C13H26NNaO3. The van der Waals surface area contributed by atoms with E-state index in [-0.39, 0.29) is 43.2 Å². The molecule has 0 saturated carbocycles. The van der Waals surface area contributed by atoms with E-state index in [2.05, 4.69) is 0 Å². The quantitative estimate of drug-likeness (QED) is 0.664. The fourth-order valence-electron chi connectivity index (χ4n) is 1.79. The third-order valence-electron chi connectivity index (χ3n) is 2.60. The van der Waals surface area contributed by atoms with Crippen molar-refractivity contribution in [3.05, 3.63) is 0 Å². The van der Waals surface area contributed by atoms with Crippen molar-refractivity contribution in [2.24, 2.45) is 5.92 Å². The summed E-state index contributed by atoms with van der Waals surface area (Å²) in [5.74, 6) is 0.449. The first-order valence-electron chi connectivity index (χ1n) is 6.37. The predicted molar refractivity (Wildman–Crippen MR) is 68.1 cm³/mol. The third-order valence-corrected chi connectivity index (χ3v) is 2.60. The molecule has 0 spiro atoms. The van der Waals surface area contributed by atoms with Crippen molar-refractivity contribution in [3.63, 3.8) is 0 Å². The van der Waals surface area contributed by atoms with Crippen LogP contribution >= 0.6 is 0 Å². The molecule has 1 saturated heterocycles. The monoisotopic (exact) mass is 267 g/mol. The normalized spacial score (nSPS) is 19.9. The molecule has 18 heavy (non-hydrogen) atoms. The van der Waals surface area contributed by atoms with Gasteiger partial charge in [-0.3, -0.25) is 0 Å². The summed E-state index contributed by atoms with van der Waals surface area (Å²) in [6.07, 6.45) is 1.06. The number of ether oxygens (including phenoxy) is 2. The molecule has 0 aromatic rings. The Labute approximate surface area is 134 Å². The van der Waals surface area contributed by atoms with Crippen LogP contribution in [0, 0.1) is 5.92 Å². The topological polar surface area (TPSA) is 38.8 Å². The zero-order chi connectivity index (χ0) is 13.1. The molecule has 0 aliphatic carbocycles. The molecule has 0 aromatic carbocycles. The van der Waals surface area contributed by atoms with E-state index in [0.717, 1.165) is 26.1 Å². The van der Waals surface area contributed by atoms with Crippen LogP contribution in [0.2, 0.25) is 0 Å². The van der Waals surface area contributed by atoms with Crippen LogP contribution in [-0.2, 0) is 9.47 Å². The fraction of sp³-hybridized carbons (Fsp3) is 0.923. The van der Waals surface area contributed by atoms with Gasteiger partial charge in [0.1, 0.15) is 5.60 Å². The van der Waals surface area contributed by atoms with Gasteiger partial charge in [-0.05, 0) is 41.0 Å². The Morgan fingerprint density at radius 1 is 1.44 bits per heavy atom. The minimum atomic E-state index is -0.413. The Morgan fingerprint density at radius 2 is 2.06 bits per heavy atom. The average Bonchev–Trinajstić information content (AvgIpc) is 2.60. The maximum atomic E-state index is 11.8. The van der Waals surface area contributed by atoms with E-state index in [1.54, 1.807) is 4.90 Å². The molecule has 4 nitrogen and oxygen atoms in total. The van der Waals surface area contributed by atoms with E-state index in [0.29, 0.717) is 5.92 Å². The summed E-state index contributed by atoms with van der Waals surface area (Å²) >= 11 is 0. The number of likely N-dealkylation sites (tertiary alicyclic amines) is 1. The molecule has 1 fully saturated rings. The maximum absolute atomic E-state index is 11.8. The van der Waals surface area contributed by atoms with Crippen molar-refractivity contribution >= 4 is 6.09 Å². The van der Waals surface area contributed by atoms with Crippen molar-refractivity contribution in [2.75, 3.05) is 19.7 Å². The third kappa shape index (κ3) is 6.98. The van der Waals surface area contributed by atoms with E-state index in [1.807, 2.05) is 34.6 Å². The van der Waals surface area contributed by atoms with E-state index in [9.17, 15) is 4.79 Å². The van der Waals surface area contributed by atoms with Gasteiger partial charge in [-0.15, -0.1) is 0 Å². The van der Waals surface area contributed by atoms with Crippen LogP contribution < -0.4 is 29.6 Å². The molecular weight excluding hydrogens is 241 g/mol. The number of rotatable bonds is 3. The molecule has 0 bridgehead atoms. The molecule has 0 aromatic heterocycles. The van der Waals surface area contributed by atoms with E-state index < -0.39 is 5.60 Å². The molecule has 1 heterocycles. The van der Waals surface area contributed by atoms with Crippen LogP contribution in [0.5, 0.6) is 0 Å². The fourth-order valence-corrected chi connectivity index (χ4v) is 1.79. The van der Waals surface area contributed by atoms with Crippen molar-refractivity contribution in [1.29, 1.82) is 0 Å². The maximum Gasteiger partial charge on any atom is 1.00 e. The van der Waals surface area contributed by atoms with E-state index in [4.69, 9.17) is 9.47 Å². The average molecular weight is 267 g/mol. The van der Waals surface area contributed by atoms with Crippen LogP contribution in [0.3, 0.4) is 0 Å². The van der Waals surface area contributed by atoms with Crippen molar-refractivity contribution < 1.29 is 45.3 Å². The second-order valence-electron chi connectivity index (χ2n) is 5.96. The SMILES string of the molecule is CC(C)OCC1CCN(C(=O)OC(C)(C)C)C1.[H-].[Na+]. The first kappa shape index (κ1) is 18.2. The summed E-state index contributed by atoms with van der Waals surface area (Å²) in [6, 6.07) is 0. The Hall–Kier alpha value is 0.230. The standard InChI is InChI=1S/C13H25NO3.Na.H/c1-10(2)16-9-11-6-7-14(8-11)12(15)17-13(3,4)5;;/h10-11H,6-9H2,1-5H3;;/q;+1;-1. The summed E-state index contributed by atoms with van der Waals surface area (Å²) < 4.78 is 10.9. The molecule has 1 aliphatic heterocycles. The van der Waals surface area contributed by atoms with Crippen LogP contribution in [0.1, 0.15) is 42.5 Å². The number of carbonyl (C=O) groups excluding carboxylic acids is 1. The van der Waals surface area contributed by atoms with E-state index >= 15 is 0 Å². The number of amides is 1. The first-order valence-corrected chi connectivity index (χ1v) is 6.37. The summed E-state index contributed by atoms with van der Waals surface area (Å²) in [5.41, 5.74) is -0.413. The van der Waals surface area contributed by atoms with Gasteiger partial charge < -0.3 is 15.8 Å². The largest absolute Gasteiger partial charge is 1.00 e. The zero-order valence-electron chi connectivity index (χ0n) is 13.7. The van der Waals surface area contributed by atoms with Crippen LogP contribution in [0.4, 0.5) is 4.79 Å². The summed E-state index contributed by atoms with van der Waals surface area (Å²) in [6.45, 7) is 12.0. The first-order chi connectivity index (χ1) is 7.78. The van der Waals surface area contributed by atoms with Crippen LogP contribution in [0.15, 0.2) is 0 Å². The van der Waals surface area contributed by atoms with Gasteiger partial charge in [0.05, 0.1) is 12.7 Å². The summed E-state index contributed by atoms with van der Waals surface area (Å²) in [7, 11) is 0. The smallest absolute Gasteiger partial charge is 1.00 e. The van der Waals surface area contributed by atoms with Gasteiger partial charge in [-0.2, -0.15) is 0 Å². The molecule has 1 atom stereocenters. The zero-order valence-corrected chi connectivity index (χ0v) is 14.7. The Bertz CT molecular complexity index is 269. The minimum absolute atomic E-state index is 0. The van der Waals surface area contributed by atoms with Crippen LogP contribution in [0.25, 0.3) is 0 Å². The second-order valence-corrected chi connectivity index (χ2v) is 5.96. The van der Waals surface area contributed by atoms with Gasteiger partial charge >= 0.3 is 35.7 Å².